The van der Waals surface area contributed by atoms with E-state index in [9.17, 15) is 8.42 Å². The van der Waals surface area contributed by atoms with Gasteiger partial charge < -0.3 is 15.5 Å². The number of fused-ring (bicyclic) bond motifs is 2. The standard InChI is InChI=1S/C26H22N4O3S/c27-22-11-4-10-21-20(22)9-5-14-25(21)34(31,32)30-29-16-19-15-28-23-12-6-13-24(26(19)23)33-17-18-7-2-1-3-8-18/h1-16,28,30H,17,27H2. The van der Waals surface area contributed by atoms with Crippen LogP contribution in [0.25, 0.3) is 21.7 Å². The summed E-state index contributed by atoms with van der Waals surface area (Å²) in [5.74, 6) is 0.677. The van der Waals surface area contributed by atoms with Gasteiger partial charge in [0.1, 0.15) is 12.4 Å². The van der Waals surface area contributed by atoms with E-state index < -0.39 is 10.0 Å². The lowest BCUT2D eigenvalue weighted by molar-refractivity contribution is 0.310. The molecule has 0 saturated carbocycles. The van der Waals surface area contributed by atoms with Gasteiger partial charge in [-0.25, -0.2) is 4.83 Å². The van der Waals surface area contributed by atoms with Crippen LogP contribution in [0.2, 0.25) is 0 Å². The molecular weight excluding hydrogens is 448 g/mol. The molecule has 0 bridgehead atoms. The fourth-order valence-corrected chi connectivity index (χ4v) is 4.90. The monoisotopic (exact) mass is 470 g/mol. The van der Waals surface area contributed by atoms with Crippen LogP contribution in [0.15, 0.2) is 101 Å². The number of hydrogen-bond donors (Lipinski definition) is 3. The molecule has 4 aromatic carbocycles. The van der Waals surface area contributed by atoms with E-state index in [1.165, 1.54) is 12.3 Å². The van der Waals surface area contributed by atoms with Gasteiger partial charge in [0.05, 0.1) is 16.5 Å². The highest BCUT2D eigenvalue weighted by Crippen LogP contribution is 2.29. The number of nitrogens with one attached hydrogen (secondary N) is 2. The van der Waals surface area contributed by atoms with Gasteiger partial charge in [-0.2, -0.15) is 13.5 Å². The van der Waals surface area contributed by atoms with E-state index in [4.69, 9.17) is 10.5 Å². The van der Waals surface area contributed by atoms with Crippen LogP contribution in [0, 0.1) is 0 Å². The maximum Gasteiger partial charge on any atom is 0.277 e. The second-order valence-electron chi connectivity index (χ2n) is 7.75. The highest BCUT2D eigenvalue weighted by Gasteiger charge is 2.17. The van der Waals surface area contributed by atoms with Crippen molar-refractivity contribution in [1.82, 2.24) is 9.82 Å². The molecule has 0 aliphatic heterocycles. The minimum atomic E-state index is -3.91. The number of sulfonamides is 1. The van der Waals surface area contributed by atoms with Crippen LogP contribution in [0.4, 0.5) is 5.69 Å². The van der Waals surface area contributed by atoms with Crippen molar-refractivity contribution in [3.05, 3.63) is 102 Å². The van der Waals surface area contributed by atoms with Gasteiger partial charge in [0, 0.05) is 33.7 Å². The summed E-state index contributed by atoms with van der Waals surface area (Å²) in [5, 5.41) is 6.06. The summed E-state index contributed by atoms with van der Waals surface area (Å²) < 4.78 is 32.0. The Hall–Kier alpha value is -4.30. The molecule has 0 aliphatic rings. The average Bonchev–Trinajstić information content (AvgIpc) is 3.27. The van der Waals surface area contributed by atoms with Gasteiger partial charge in [0.2, 0.25) is 0 Å². The van der Waals surface area contributed by atoms with Gasteiger partial charge in [0.25, 0.3) is 10.0 Å². The minimum Gasteiger partial charge on any atom is -0.488 e. The number of H-pyrrole nitrogens is 1. The van der Waals surface area contributed by atoms with Crippen LogP contribution in [0.3, 0.4) is 0 Å². The van der Waals surface area contributed by atoms with Crippen molar-refractivity contribution in [2.45, 2.75) is 11.5 Å². The van der Waals surface area contributed by atoms with Gasteiger partial charge in [-0.1, -0.05) is 60.7 Å². The summed E-state index contributed by atoms with van der Waals surface area (Å²) in [5.41, 5.74) is 9.12. The van der Waals surface area contributed by atoms with Gasteiger partial charge in [0.15, 0.2) is 0 Å². The molecule has 0 aliphatic carbocycles. The first-order chi connectivity index (χ1) is 16.5. The molecule has 1 aromatic heterocycles. The Bertz CT molecular complexity index is 1610. The summed E-state index contributed by atoms with van der Waals surface area (Å²) in [6.45, 7) is 0.415. The predicted molar refractivity (Wildman–Crippen MR) is 135 cm³/mol. The predicted octanol–water partition coefficient (Wildman–Crippen LogP) is 4.79. The fraction of sp³-hybridized carbons (Fsp3) is 0.0385. The third-order valence-electron chi connectivity index (χ3n) is 5.52. The molecule has 0 spiro atoms. The highest BCUT2D eigenvalue weighted by atomic mass is 32.2. The van der Waals surface area contributed by atoms with Crippen LogP contribution in [-0.2, 0) is 16.6 Å². The molecule has 0 radical (unpaired) electrons. The van der Waals surface area contributed by atoms with Crippen molar-refractivity contribution in [1.29, 1.82) is 0 Å². The van der Waals surface area contributed by atoms with Crippen molar-refractivity contribution in [3.63, 3.8) is 0 Å². The lowest BCUT2D eigenvalue weighted by Crippen LogP contribution is -2.18. The third kappa shape index (κ3) is 4.18. The van der Waals surface area contributed by atoms with Gasteiger partial charge in [-0.3, -0.25) is 0 Å². The van der Waals surface area contributed by atoms with E-state index in [2.05, 4.69) is 14.9 Å². The number of ether oxygens (including phenoxy) is 1. The summed E-state index contributed by atoms with van der Waals surface area (Å²) in [4.78, 5) is 5.60. The van der Waals surface area contributed by atoms with Gasteiger partial charge >= 0.3 is 0 Å². The highest BCUT2D eigenvalue weighted by molar-refractivity contribution is 7.89. The van der Waals surface area contributed by atoms with E-state index in [1.807, 2.05) is 48.5 Å². The summed E-state index contributed by atoms with van der Waals surface area (Å²) in [6, 6.07) is 25.7. The SMILES string of the molecule is Nc1cccc2c(S(=O)(=O)NN=Cc3c[nH]c4cccc(OCc5ccccc5)c34)cccc12. The maximum absolute atomic E-state index is 13.0. The van der Waals surface area contributed by atoms with Crippen molar-refractivity contribution in [3.8, 4) is 5.75 Å². The van der Waals surface area contributed by atoms with E-state index in [1.54, 1.807) is 36.5 Å². The molecule has 34 heavy (non-hydrogen) atoms. The van der Waals surface area contributed by atoms with Gasteiger partial charge in [-0.05, 0) is 29.8 Å². The molecule has 0 unspecified atom stereocenters. The van der Waals surface area contributed by atoms with Crippen molar-refractivity contribution >= 4 is 43.6 Å². The number of nitrogen functional groups attached to an aromatic ring is 1. The molecular formula is C26H22N4O3S. The largest absolute Gasteiger partial charge is 0.488 e. The first-order valence-corrected chi connectivity index (χ1v) is 12.1. The Morgan fingerprint density at radius 3 is 2.53 bits per heavy atom. The second-order valence-corrected chi connectivity index (χ2v) is 9.38. The summed E-state index contributed by atoms with van der Waals surface area (Å²) in [6.07, 6.45) is 3.22. The average molecular weight is 471 g/mol. The lowest BCUT2D eigenvalue weighted by atomic mass is 10.1. The molecule has 8 heteroatoms. The Kier molecular flexibility index (Phi) is 5.65. The van der Waals surface area contributed by atoms with E-state index >= 15 is 0 Å². The van der Waals surface area contributed by atoms with Crippen LogP contribution >= 0.6 is 0 Å². The lowest BCUT2D eigenvalue weighted by Gasteiger charge is -2.09. The summed E-state index contributed by atoms with van der Waals surface area (Å²) >= 11 is 0. The van der Waals surface area contributed by atoms with Crippen molar-refractivity contribution in [2.24, 2.45) is 5.10 Å². The van der Waals surface area contributed by atoms with Crippen LogP contribution in [0.1, 0.15) is 11.1 Å². The molecule has 170 valence electrons. The molecule has 0 atom stereocenters. The molecule has 4 N–H and O–H groups in total. The third-order valence-corrected chi connectivity index (χ3v) is 6.80. The Morgan fingerprint density at radius 2 is 1.68 bits per heavy atom. The number of anilines is 1. The molecule has 5 aromatic rings. The normalized spacial score (nSPS) is 11.9. The minimum absolute atomic E-state index is 0.111. The quantitative estimate of drug-likeness (QED) is 0.180. The first-order valence-electron chi connectivity index (χ1n) is 10.6. The second kappa shape index (κ2) is 8.92. The zero-order valence-corrected chi connectivity index (χ0v) is 18.9. The van der Waals surface area contributed by atoms with Crippen LogP contribution < -0.4 is 15.3 Å². The first kappa shape index (κ1) is 21.5. The number of nitrogens with zero attached hydrogens (tertiary/aromatic N) is 1. The Balaban J connectivity index is 1.41. The summed E-state index contributed by atoms with van der Waals surface area (Å²) in [7, 11) is -3.91. The number of hydrogen-bond acceptors (Lipinski definition) is 5. The Labute approximate surface area is 196 Å². The van der Waals surface area contributed by atoms with Crippen molar-refractivity contribution in [2.75, 3.05) is 5.73 Å². The number of rotatable bonds is 7. The van der Waals surface area contributed by atoms with E-state index in [0.29, 0.717) is 34.4 Å². The fourth-order valence-electron chi connectivity index (χ4n) is 3.89. The molecule has 0 fully saturated rings. The number of aromatic amines is 1. The van der Waals surface area contributed by atoms with Gasteiger partial charge in [-0.15, -0.1) is 0 Å². The number of benzene rings is 4. The number of aromatic nitrogens is 1. The van der Waals surface area contributed by atoms with E-state index in [-0.39, 0.29) is 4.90 Å². The molecule has 1 heterocycles. The Morgan fingerprint density at radius 1 is 0.912 bits per heavy atom. The molecule has 5 rings (SSSR count). The van der Waals surface area contributed by atoms with Crippen LogP contribution in [0.5, 0.6) is 5.75 Å². The van der Waals surface area contributed by atoms with E-state index in [0.717, 1.165) is 16.5 Å². The zero-order chi connectivity index (χ0) is 23.5. The van der Waals surface area contributed by atoms with Crippen LogP contribution in [-0.4, -0.2) is 19.6 Å². The smallest absolute Gasteiger partial charge is 0.277 e. The number of nitrogens with two attached hydrogens (primary N) is 1. The molecule has 0 saturated heterocycles. The maximum atomic E-state index is 13.0. The number of hydrazone groups is 1. The zero-order valence-electron chi connectivity index (χ0n) is 18.1. The molecule has 7 nitrogen and oxygen atoms in total. The topological polar surface area (TPSA) is 110 Å². The van der Waals surface area contributed by atoms with Crippen molar-refractivity contribution < 1.29 is 13.2 Å². The molecule has 0 amide bonds.